The van der Waals surface area contributed by atoms with Gasteiger partial charge in [0.15, 0.2) is 0 Å². The van der Waals surface area contributed by atoms with E-state index in [9.17, 15) is 0 Å². The van der Waals surface area contributed by atoms with Crippen LogP contribution in [0.25, 0.3) is 0 Å². The minimum absolute atomic E-state index is 0.839. The van der Waals surface area contributed by atoms with Gasteiger partial charge in [0.05, 0.1) is 0 Å². The molecule has 1 atom stereocenters. The molecule has 2 fully saturated rings. The molecular weight excluding hydrogens is 148 g/mol. The number of nitrogens with one attached hydrogen (secondary N) is 1. The van der Waals surface area contributed by atoms with Crippen molar-refractivity contribution in [3.63, 3.8) is 0 Å². The number of nitrogens with zero attached hydrogens (tertiary/aromatic N) is 1. The Hall–Kier alpha value is -0.0800. The molecule has 2 aliphatic heterocycles. The van der Waals surface area contributed by atoms with E-state index in [1.54, 1.807) is 0 Å². The van der Waals surface area contributed by atoms with Crippen LogP contribution in [0.1, 0.15) is 32.1 Å². The van der Waals surface area contributed by atoms with E-state index >= 15 is 0 Å². The Balaban J connectivity index is 1.60. The molecule has 0 radical (unpaired) electrons. The summed E-state index contributed by atoms with van der Waals surface area (Å²) in [5.41, 5.74) is 0. The molecule has 2 nitrogen and oxygen atoms in total. The molecule has 2 heteroatoms. The lowest BCUT2D eigenvalue weighted by molar-refractivity contribution is 0.316. The molecule has 0 saturated carbocycles. The van der Waals surface area contributed by atoms with E-state index in [2.05, 4.69) is 10.2 Å². The number of hydrogen-bond acceptors (Lipinski definition) is 2. The Morgan fingerprint density at radius 3 is 2.67 bits per heavy atom. The molecule has 0 unspecified atom stereocenters. The summed E-state index contributed by atoms with van der Waals surface area (Å²) in [4.78, 5) is 2.61. The number of rotatable bonds is 3. The zero-order valence-corrected chi connectivity index (χ0v) is 7.89. The van der Waals surface area contributed by atoms with Gasteiger partial charge < -0.3 is 10.2 Å². The molecule has 70 valence electrons. The summed E-state index contributed by atoms with van der Waals surface area (Å²) in [5.74, 6) is 0. The van der Waals surface area contributed by atoms with Crippen molar-refractivity contribution in [1.29, 1.82) is 0 Å². The minimum atomic E-state index is 0.839. The second kappa shape index (κ2) is 4.24. The molecule has 2 aliphatic rings. The summed E-state index contributed by atoms with van der Waals surface area (Å²) in [6, 6.07) is 0.839. The van der Waals surface area contributed by atoms with Gasteiger partial charge in [-0.05, 0) is 58.3 Å². The molecule has 0 amide bonds. The van der Waals surface area contributed by atoms with Crippen LogP contribution in [0.5, 0.6) is 0 Å². The summed E-state index contributed by atoms with van der Waals surface area (Å²) < 4.78 is 0. The van der Waals surface area contributed by atoms with E-state index < -0.39 is 0 Å². The summed E-state index contributed by atoms with van der Waals surface area (Å²) in [5, 5.41) is 3.55. The molecule has 0 aromatic rings. The molecule has 1 N–H and O–H groups in total. The average molecular weight is 168 g/mol. The normalized spacial score (nSPS) is 31.5. The van der Waals surface area contributed by atoms with Crippen molar-refractivity contribution in [2.75, 3.05) is 26.2 Å². The van der Waals surface area contributed by atoms with Crippen molar-refractivity contribution in [1.82, 2.24) is 10.2 Å². The van der Waals surface area contributed by atoms with Crippen molar-refractivity contribution in [2.24, 2.45) is 0 Å². The highest BCUT2D eigenvalue weighted by Crippen LogP contribution is 2.12. The first kappa shape index (κ1) is 8.52. The summed E-state index contributed by atoms with van der Waals surface area (Å²) in [7, 11) is 0. The van der Waals surface area contributed by atoms with Gasteiger partial charge in [-0.1, -0.05) is 0 Å². The van der Waals surface area contributed by atoms with Gasteiger partial charge in [-0.15, -0.1) is 0 Å². The fourth-order valence-electron chi connectivity index (χ4n) is 2.35. The predicted molar refractivity (Wildman–Crippen MR) is 51.3 cm³/mol. The highest BCUT2D eigenvalue weighted by Gasteiger charge is 2.16. The third-order valence-electron chi connectivity index (χ3n) is 3.15. The van der Waals surface area contributed by atoms with Gasteiger partial charge in [0, 0.05) is 6.04 Å². The maximum atomic E-state index is 3.55. The third-order valence-corrected chi connectivity index (χ3v) is 3.15. The lowest BCUT2D eigenvalue weighted by atomic mass is 10.1. The van der Waals surface area contributed by atoms with Crippen LogP contribution in [0, 0.1) is 0 Å². The molecule has 0 aliphatic carbocycles. The minimum Gasteiger partial charge on any atom is -0.314 e. The van der Waals surface area contributed by atoms with Crippen LogP contribution >= 0.6 is 0 Å². The van der Waals surface area contributed by atoms with Crippen molar-refractivity contribution in [3.8, 4) is 0 Å². The highest BCUT2D eigenvalue weighted by molar-refractivity contribution is 4.76. The van der Waals surface area contributed by atoms with Gasteiger partial charge in [-0.25, -0.2) is 0 Å². The molecule has 0 spiro atoms. The van der Waals surface area contributed by atoms with Gasteiger partial charge in [-0.2, -0.15) is 0 Å². The van der Waals surface area contributed by atoms with Crippen molar-refractivity contribution in [2.45, 2.75) is 38.1 Å². The molecule has 0 bridgehead atoms. The van der Waals surface area contributed by atoms with Crippen LogP contribution < -0.4 is 5.32 Å². The van der Waals surface area contributed by atoms with E-state index in [1.165, 1.54) is 58.3 Å². The predicted octanol–water partition coefficient (Wildman–Crippen LogP) is 1.22. The summed E-state index contributed by atoms with van der Waals surface area (Å²) in [6.07, 6.45) is 7.04. The van der Waals surface area contributed by atoms with Crippen LogP contribution in [0.3, 0.4) is 0 Å². The first-order valence-corrected chi connectivity index (χ1v) is 5.41. The molecule has 0 aromatic heterocycles. The zero-order valence-electron chi connectivity index (χ0n) is 7.89. The van der Waals surface area contributed by atoms with E-state index in [1.807, 2.05) is 0 Å². The van der Waals surface area contributed by atoms with Crippen LogP contribution in [-0.2, 0) is 0 Å². The maximum Gasteiger partial charge on any atom is 0.00797 e. The Labute approximate surface area is 75.3 Å². The quantitative estimate of drug-likeness (QED) is 0.681. The molecule has 2 saturated heterocycles. The SMILES string of the molecule is C1CN[C@H](CCN2CCCC2)C1. The Morgan fingerprint density at radius 2 is 2.00 bits per heavy atom. The maximum absolute atomic E-state index is 3.55. The van der Waals surface area contributed by atoms with Crippen molar-refractivity contribution in [3.05, 3.63) is 0 Å². The summed E-state index contributed by atoms with van der Waals surface area (Å²) in [6.45, 7) is 5.29. The number of hydrogen-bond donors (Lipinski definition) is 1. The van der Waals surface area contributed by atoms with Crippen molar-refractivity contribution >= 4 is 0 Å². The second-order valence-electron chi connectivity index (χ2n) is 4.13. The monoisotopic (exact) mass is 168 g/mol. The van der Waals surface area contributed by atoms with Gasteiger partial charge >= 0.3 is 0 Å². The first-order valence-electron chi connectivity index (χ1n) is 5.41. The van der Waals surface area contributed by atoms with Crippen LogP contribution in [0.15, 0.2) is 0 Å². The Morgan fingerprint density at radius 1 is 1.17 bits per heavy atom. The zero-order chi connectivity index (χ0) is 8.23. The van der Waals surface area contributed by atoms with Gasteiger partial charge in [0.1, 0.15) is 0 Å². The van der Waals surface area contributed by atoms with Gasteiger partial charge in [0.25, 0.3) is 0 Å². The van der Waals surface area contributed by atoms with Crippen molar-refractivity contribution < 1.29 is 0 Å². The van der Waals surface area contributed by atoms with E-state index in [-0.39, 0.29) is 0 Å². The fraction of sp³-hybridized carbons (Fsp3) is 1.00. The van der Waals surface area contributed by atoms with Crippen LogP contribution in [0.4, 0.5) is 0 Å². The van der Waals surface area contributed by atoms with E-state index in [4.69, 9.17) is 0 Å². The Kier molecular flexibility index (Phi) is 3.01. The van der Waals surface area contributed by atoms with Crippen LogP contribution in [-0.4, -0.2) is 37.1 Å². The number of likely N-dealkylation sites (tertiary alicyclic amines) is 1. The van der Waals surface area contributed by atoms with Gasteiger partial charge in [0.2, 0.25) is 0 Å². The lowest BCUT2D eigenvalue weighted by Gasteiger charge is -2.17. The molecule has 12 heavy (non-hydrogen) atoms. The summed E-state index contributed by atoms with van der Waals surface area (Å²) >= 11 is 0. The van der Waals surface area contributed by atoms with E-state index in [0.717, 1.165) is 6.04 Å². The molecule has 2 rings (SSSR count). The topological polar surface area (TPSA) is 15.3 Å². The smallest absolute Gasteiger partial charge is 0.00797 e. The second-order valence-corrected chi connectivity index (χ2v) is 4.13. The van der Waals surface area contributed by atoms with E-state index in [0.29, 0.717) is 0 Å². The standard InChI is InChI=1S/C10H20N2/c1-2-8-12(7-1)9-5-10-4-3-6-11-10/h10-11H,1-9H2/t10-/m0/s1. The third kappa shape index (κ3) is 2.20. The molecular formula is C10H20N2. The first-order chi connectivity index (χ1) is 5.95. The van der Waals surface area contributed by atoms with Crippen LogP contribution in [0.2, 0.25) is 0 Å². The Bertz CT molecular complexity index is 108. The molecule has 2 heterocycles. The largest absolute Gasteiger partial charge is 0.314 e. The fourth-order valence-corrected chi connectivity index (χ4v) is 2.35. The average Bonchev–Trinajstić information content (AvgIpc) is 2.74. The lowest BCUT2D eigenvalue weighted by Crippen LogP contribution is -2.28. The van der Waals surface area contributed by atoms with Gasteiger partial charge in [-0.3, -0.25) is 0 Å². The highest BCUT2D eigenvalue weighted by atomic mass is 15.1. The molecule has 0 aromatic carbocycles.